The number of fused-ring (bicyclic) bond motifs is 1. The Bertz CT molecular complexity index is 1120. The van der Waals surface area contributed by atoms with Crippen LogP contribution >= 0.6 is 22.9 Å². The minimum atomic E-state index is -1.03. The second-order valence-electron chi connectivity index (χ2n) is 7.19. The highest BCUT2D eigenvalue weighted by atomic mass is 35.5. The molecule has 0 fully saturated rings. The Hall–Kier alpha value is -2.77. The number of nitrogens with zero attached hydrogens (tertiary/aromatic N) is 2. The number of aryl methyl sites for hydroxylation is 1. The highest BCUT2D eigenvalue weighted by Crippen LogP contribution is 2.43. The lowest BCUT2D eigenvalue weighted by Gasteiger charge is -2.35. The summed E-state index contributed by atoms with van der Waals surface area (Å²) in [5, 5.41) is 2.63. The van der Waals surface area contributed by atoms with Gasteiger partial charge in [0.2, 0.25) is 5.91 Å². The summed E-state index contributed by atoms with van der Waals surface area (Å²) in [5.74, 6) is -1.50. The van der Waals surface area contributed by atoms with E-state index in [0.29, 0.717) is 29.5 Å². The van der Waals surface area contributed by atoms with E-state index in [1.54, 1.807) is 42.6 Å². The van der Waals surface area contributed by atoms with Crippen LogP contribution in [-0.2, 0) is 11.2 Å². The number of thiazole rings is 1. The first-order valence-corrected chi connectivity index (χ1v) is 10.7. The van der Waals surface area contributed by atoms with Gasteiger partial charge in [-0.25, -0.2) is 9.37 Å². The molecule has 0 bridgehead atoms. The first-order valence-electron chi connectivity index (χ1n) is 9.43. The van der Waals surface area contributed by atoms with E-state index in [1.165, 1.54) is 22.3 Å². The van der Waals surface area contributed by atoms with Gasteiger partial charge in [0.05, 0.1) is 11.0 Å². The van der Waals surface area contributed by atoms with Gasteiger partial charge in [-0.15, -0.1) is 11.3 Å². The van der Waals surface area contributed by atoms with Gasteiger partial charge in [0, 0.05) is 10.4 Å². The van der Waals surface area contributed by atoms with Crippen LogP contribution in [0, 0.1) is 12.7 Å². The number of carbonyl (C=O) groups is 2. The first kappa shape index (κ1) is 20.5. The molecule has 2 aromatic carbocycles. The minimum absolute atomic E-state index is 0.232. The van der Waals surface area contributed by atoms with E-state index in [1.807, 2.05) is 6.07 Å². The number of halogens is 2. The second-order valence-corrected chi connectivity index (χ2v) is 8.69. The molecule has 5 nitrogen and oxygen atoms in total. The average Bonchev–Trinajstić information content (AvgIpc) is 3.32. The first-order chi connectivity index (χ1) is 14.4. The molecular weight excluding hydrogens is 425 g/mol. The van der Waals surface area contributed by atoms with Crippen molar-refractivity contribution in [3.8, 4) is 0 Å². The lowest BCUT2D eigenvalue weighted by atomic mass is 9.98. The van der Waals surface area contributed by atoms with Crippen LogP contribution in [0.2, 0.25) is 5.02 Å². The summed E-state index contributed by atoms with van der Waals surface area (Å²) in [6.45, 7) is 1.80. The topological polar surface area (TPSA) is 76.3 Å². The zero-order valence-corrected chi connectivity index (χ0v) is 17.7. The standard InChI is InChI=1S/C22H19ClFN3O2S/c1-12-26-18(11-30-12)22(29)27(20(21(25)28)13-5-3-2-4-6-13)19-8-7-15-16(19)9-14(23)10-17(15)24/h2-6,9-11,19-20H,7-8H2,1H3,(H2,25,28)/t19-,20-/m1/s1. The molecule has 0 saturated heterocycles. The molecule has 8 heteroatoms. The summed E-state index contributed by atoms with van der Waals surface area (Å²) in [5.41, 5.74) is 7.71. The van der Waals surface area contributed by atoms with Crippen molar-refractivity contribution in [2.75, 3.05) is 0 Å². The Balaban J connectivity index is 1.87. The van der Waals surface area contributed by atoms with Gasteiger partial charge >= 0.3 is 0 Å². The molecule has 2 N–H and O–H groups in total. The van der Waals surface area contributed by atoms with Gasteiger partial charge in [0.25, 0.3) is 5.91 Å². The fourth-order valence-corrected chi connectivity index (χ4v) is 4.84. The highest BCUT2D eigenvalue weighted by Gasteiger charge is 2.40. The van der Waals surface area contributed by atoms with Crippen molar-refractivity contribution in [1.29, 1.82) is 0 Å². The minimum Gasteiger partial charge on any atom is -0.368 e. The molecule has 0 radical (unpaired) electrons. The summed E-state index contributed by atoms with van der Waals surface area (Å²) in [6, 6.07) is 10.2. The van der Waals surface area contributed by atoms with Gasteiger partial charge in [-0.2, -0.15) is 0 Å². The molecule has 2 amide bonds. The normalized spacial score (nSPS) is 16.2. The van der Waals surface area contributed by atoms with E-state index < -0.39 is 29.7 Å². The molecule has 1 heterocycles. The maximum atomic E-state index is 14.5. The molecular formula is C22H19ClFN3O2S. The predicted octanol–water partition coefficient (Wildman–Crippen LogP) is 4.60. The van der Waals surface area contributed by atoms with Gasteiger partial charge < -0.3 is 10.6 Å². The van der Waals surface area contributed by atoms with Crippen LogP contribution in [0.5, 0.6) is 0 Å². The number of rotatable bonds is 5. The molecule has 0 aliphatic heterocycles. The molecule has 1 aromatic heterocycles. The maximum absolute atomic E-state index is 14.5. The van der Waals surface area contributed by atoms with Crippen LogP contribution in [0.25, 0.3) is 0 Å². The van der Waals surface area contributed by atoms with E-state index in [4.69, 9.17) is 17.3 Å². The number of hydrogen-bond acceptors (Lipinski definition) is 4. The lowest BCUT2D eigenvalue weighted by Crippen LogP contribution is -2.43. The van der Waals surface area contributed by atoms with Crippen molar-refractivity contribution in [2.24, 2.45) is 5.73 Å². The number of hydrogen-bond donors (Lipinski definition) is 1. The van der Waals surface area contributed by atoms with Crippen molar-refractivity contribution < 1.29 is 14.0 Å². The SMILES string of the molecule is Cc1nc(C(=O)N([C@@H]2CCc3c(F)cc(Cl)cc32)[C@@H](C(N)=O)c2ccccc2)cs1. The van der Waals surface area contributed by atoms with Gasteiger partial charge in [-0.05, 0) is 48.6 Å². The van der Waals surface area contributed by atoms with Crippen LogP contribution < -0.4 is 5.73 Å². The van der Waals surface area contributed by atoms with Crippen LogP contribution in [-0.4, -0.2) is 21.7 Å². The molecule has 154 valence electrons. The Morgan fingerprint density at radius 1 is 1.30 bits per heavy atom. The summed E-state index contributed by atoms with van der Waals surface area (Å²) in [7, 11) is 0. The fraction of sp³-hybridized carbons (Fsp3) is 0.227. The van der Waals surface area contributed by atoms with E-state index in [0.717, 1.165) is 5.01 Å². The molecule has 0 saturated carbocycles. The van der Waals surface area contributed by atoms with Crippen molar-refractivity contribution in [1.82, 2.24) is 9.88 Å². The quantitative estimate of drug-likeness (QED) is 0.626. The Morgan fingerprint density at radius 3 is 2.67 bits per heavy atom. The number of aromatic nitrogens is 1. The number of amides is 2. The molecule has 30 heavy (non-hydrogen) atoms. The van der Waals surface area contributed by atoms with Crippen LogP contribution in [0.4, 0.5) is 4.39 Å². The Morgan fingerprint density at radius 2 is 2.03 bits per heavy atom. The van der Waals surface area contributed by atoms with Gasteiger partial charge in [-0.3, -0.25) is 9.59 Å². The van der Waals surface area contributed by atoms with E-state index in [9.17, 15) is 14.0 Å². The monoisotopic (exact) mass is 443 g/mol. The van der Waals surface area contributed by atoms with Gasteiger partial charge in [0.1, 0.15) is 17.6 Å². The van der Waals surface area contributed by atoms with Crippen LogP contribution in [0.1, 0.15) is 50.7 Å². The molecule has 0 spiro atoms. The summed E-state index contributed by atoms with van der Waals surface area (Å²) in [4.78, 5) is 31.9. The van der Waals surface area contributed by atoms with Crippen molar-refractivity contribution in [3.63, 3.8) is 0 Å². The van der Waals surface area contributed by atoms with Crippen LogP contribution in [0.3, 0.4) is 0 Å². The molecule has 0 unspecified atom stereocenters. The van der Waals surface area contributed by atoms with E-state index in [-0.39, 0.29) is 10.7 Å². The lowest BCUT2D eigenvalue weighted by molar-refractivity contribution is -0.123. The molecule has 4 rings (SSSR count). The number of nitrogens with two attached hydrogens (primary N) is 1. The summed E-state index contributed by atoms with van der Waals surface area (Å²) >= 11 is 7.46. The van der Waals surface area contributed by atoms with Gasteiger partial charge in [0.15, 0.2) is 0 Å². The predicted molar refractivity (Wildman–Crippen MR) is 114 cm³/mol. The second kappa shape index (κ2) is 8.16. The van der Waals surface area contributed by atoms with Crippen molar-refractivity contribution >= 4 is 34.8 Å². The highest BCUT2D eigenvalue weighted by molar-refractivity contribution is 7.09. The van der Waals surface area contributed by atoms with Crippen molar-refractivity contribution in [3.05, 3.63) is 86.1 Å². The van der Waals surface area contributed by atoms with Crippen molar-refractivity contribution in [2.45, 2.75) is 31.8 Å². The third-order valence-electron chi connectivity index (χ3n) is 5.29. The zero-order chi connectivity index (χ0) is 21.4. The molecule has 1 aliphatic rings. The summed E-state index contributed by atoms with van der Waals surface area (Å²) < 4.78 is 14.5. The third kappa shape index (κ3) is 3.70. The maximum Gasteiger partial charge on any atom is 0.274 e. The number of primary amides is 1. The average molecular weight is 444 g/mol. The van der Waals surface area contributed by atoms with Gasteiger partial charge in [-0.1, -0.05) is 41.9 Å². The summed E-state index contributed by atoms with van der Waals surface area (Å²) in [6.07, 6.45) is 0.890. The molecule has 3 aromatic rings. The third-order valence-corrected chi connectivity index (χ3v) is 6.28. The Kier molecular flexibility index (Phi) is 5.58. The largest absolute Gasteiger partial charge is 0.368 e. The van der Waals surface area contributed by atoms with E-state index in [2.05, 4.69) is 4.98 Å². The van der Waals surface area contributed by atoms with Crippen LogP contribution in [0.15, 0.2) is 47.8 Å². The van der Waals surface area contributed by atoms with E-state index >= 15 is 0 Å². The molecule has 1 aliphatic carbocycles. The fourth-order valence-electron chi connectivity index (χ4n) is 4.04. The number of benzene rings is 2. The Labute approximate surface area is 182 Å². The zero-order valence-electron chi connectivity index (χ0n) is 16.1. The molecule has 2 atom stereocenters. The number of carbonyl (C=O) groups excluding carboxylic acids is 2. The smallest absolute Gasteiger partial charge is 0.274 e.